The highest BCUT2D eigenvalue weighted by molar-refractivity contribution is 5.61. The highest BCUT2D eigenvalue weighted by Gasteiger charge is 2.22. The van der Waals surface area contributed by atoms with Crippen LogP contribution in [-0.2, 0) is 18.9 Å². The quantitative estimate of drug-likeness (QED) is 0.0684. The summed E-state index contributed by atoms with van der Waals surface area (Å²) in [6.07, 6.45) is 22.3. The summed E-state index contributed by atoms with van der Waals surface area (Å²) >= 11 is 0. The van der Waals surface area contributed by atoms with Crippen molar-refractivity contribution in [2.45, 2.75) is 177 Å². The van der Waals surface area contributed by atoms with Gasteiger partial charge in [0.2, 0.25) is 0 Å². The lowest BCUT2D eigenvalue weighted by Crippen LogP contribution is -2.16. The highest BCUT2D eigenvalue weighted by atomic mass is 16.8. The Kier molecular flexibility index (Phi) is 56.5. The maximum atomic E-state index is 10.2. The predicted octanol–water partition coefficient (Wildman–Crippen LogP) is 9.25. The van der Waals surface area contributed by atoms with E-state index in [2.05, 4.69) is 44.1 Å². The second-order valence-electron chi connectivity index (χ2n) is 12.4. The number of aliphatic hydroxyl groups is 4. The summed E-state index contributed by atoms with van der Waals surface area (Å²) in [5.41, 5.74) is 0. The molecule has 0 aromatic rings. The van der Waals surface area contributed by atoms with Crippen LogP contribution < -0.4 is 0 Å². The molecule has 0 spiro atoms. The maximum absolute atomic E-state index is 10.2. The number of unbranched alkanes of at least 4 members (excludes halogenated alkanes) is 8. The highest BCUT2D eigenvalue weighted by Crippen LogP contribution is 2.29. The Labute approximate surface area is 297 Å². The Balaban J connectivity index is -0.000000244. The molecule has 1 saturated carbocycles. The average molecular weight is 697 g/mol. The fourth-order valence-electron chi connectivity index (χ4n) is 4.48. The van der Waals surface area contributed by atoms with Gasteiger partial charge in [-0.3, -0.25) is 0 Å². The third-order valence-corrected chi connectivity index (χ3v) is 7.76. The van der Waals surface area contributed by atoms with Crippen molar-refractivity contribution in [1.29, 1.82) is 0 Å². The van der Waals surface area contributed by atoms with Crippen LogP contribution in [0.4, 0.5) is 4.79 Å². The van der Waals surface area contributed by atoms with Crippen molar-refractivity contribution in [3.8, 4) is 0 Å². The standard InChI is InChI=1S/C9H18O.C8H18O.C7H16O.C5H8O3.C5H12O2.C5H12O/c1-2-8-3-5-9(7-10)6-4-8;1-3-5-6-8-9-7-4-2;1-2-3-4-5-6-7-8;1-2-4-3-7-5(6)8-4;1-2-4-7-5-3-6;1-2-3-4-5-6/h8-10H,2-7H2,1H3;3-8H2,1-2H3;8H,2-7H2,1H3;4H,2-3H2,1H3;6H,2-5H2,1H3;6H,2-5H2,1H3. The summed E-state index contributed by atoms with van der Waals surface area (Å²) in [5.74, 6) is 1.59. The molecule has 1 saturated heterocycles. The molecule has 0 amide bonds. The molecule has 2 rings (SSSR count). The fourth-order valence-corrected chi connectivity index (χ4v) is 4.48. The van der Waals surface area contributed by atoms with Gasteiger partial charge in [0.05, 0.1) is 13.2 Å². The first kappa shape index (κ1) is 53.8. The molecule has 1 aliphatic heterocycles. The molecular formula is C39H84O9. The van der Waals surface area contributed by atoms with Gasteiger partial charge in [0.1, 0.15) is 12.7 Å². The monoisotopic (exact) mass is 697 g/mol. The third-order valence-electron chi connectivity index (χ3n) is 7.76. The number of rotatable bonds is 21. The van der Waals surface area contributed by atoms with Gasteiger partial charge >= 0.3 is 6.16 Å². The molecule has 1 unspecified atom stereocenters. The van der Waals surface area contributed by atoms with Crippen molar-refractivity contribution in [1.82, 2.24) is 0 Å². The van der Waals surface area contributed by atoms with E-state index in [9.17, 15) is 4.79 Å². The molecule has 2 aliphatic rings. The van der Waals surface area contributed by atoms with E-state index in [-0.39, 0.29) is 12.7 Å². The van der Waals surface area contributed by atoms with Crippen molar-refractivity contribution in [2.75, 3.05) is 59.5 Å². The Morgan fingerprint density at radius 3 is 1.40 bits per heavy atom. The minimum Gasteiger partial charge on any atom is -0.430 e. The molecule has 9 nitrogen and oxygen atoms in total. The first-order chi connectivity index (χ1) is 23.3. The average Bonchev–Trinajstić information content (AvgIpc) is 3.56. The summed E-state index contributed by atoms with van der Waals surface area (Å²) in [6, 6.07) is 0. The molecule has 294 valence electrons. The summed E-state index contributed by atoms with van der Waals surface area (Å²) < 4.78 is 19.3. The molecule has 4 N–H and O–H groups in total. The van der Waals surface area contributed by atoms with E-state index in [0.717, 1.165) is 64.3 Å². The van der Waals surface area contributed by atoms with Crippen molar-refractivity contribution in [3.05, 3.63) is 0 Å². The first-order valence-corrected chi connectivity index (χ1v) is 19.8. The largest absolute Gasteiger partial charge is 0.508 e. The predicted molar refractivity (Wildman–Crippen MR) is 201 cm³/mol. The van der Waals surface area contributed by atoms with Crippen LogP contribution in [0.15, 0.2) is 0 Å². The van der Waals surface area contributed by atoms with Gasteiger partial charge in [0.15, 0.2) is 0 Å². The van der Waals surface area contributed by atoms with Crippen LogP contribution in [0.2, 0.25) is 0 Å². The van der Waals surface area contributed by atoms with Crippen molar-refractivity contribution >= 4 is 6.16 Å². The van der Waals surface area contributed by atoms with Crippen LogP contribution in [0, 0.1) is 11.8 Å². The molecule has 1 aliphatic carbocycles. The summed E-state index contributed by atoms with van der Waals surface area (Å²) in [6.45, 7) is 19.8. The van der Waals surface area contributed by atoms with E-state index in [1.807, 2.05) is 13.8 Å². The van der Waals surface area contributed by atoms with Crippen molar-refractivity contribution in [2.24, 2.45) is 11.8 Å². The lowest BCUT2D eigenvalue weighted by Gasteiger charge is -2.26. The second kappa shape index (κ2) is 50.4. The van der Waals surface area contributed by atoms with Crippen LogP contribution >= 0.6 is 0 Å². The Bertz CT molecular complexity index is 512. The molecule has 0 bridgehead atoms. The topological polar surface area (TPSA) is 135 Å². The molecule has 2 fully saturated rings. The lowest BCUT2D eigenvalue weighted by molar-refractivity contribution is 0.0928. The Morgan fingerprint density at radius 1 is 0.542 bits per heavy atom. The van der Waals surface area contributed by atoms with Crippen LogP contribution in [0.25, 0.3) is 0 Å². The molecule has 0 radical (unpaired) electrons. The van der Waals surface area contributed by atoms with Crippen LogP contribution in [0.5, 0.6) is 0 Å². The van der Waals surface area contributed by atoms with E-state index < -0.39 is 6.16 Å². The SMILES string of the molecule is CCC1CCC(CO)CC1.CCC1COC(=O)O1.CCCCCCCO.CCCCCO.CCCCCOCCC.CCCOCCO. The summed E-state index contributed by atoms with van der Waals surface area (Å²) in [7, 11) is 0. The fraction of sp³-hybridized carbons (Fsp3) is 0.974. The van der Waals surface area contributed by atoms with E-state index in [1.165, 1.54) is 83.5 Å². The number of hydrogen-bond acceptors (Lipinski definition) is 9. The van der Waals surface area contributed by atoms with Crippen molar-refractivity contribution in [3.63, 3.8) is 0 Å². The molecule has 0 aromatic heterocycles. The number of carbonyl (C=O) groups is 1. The molecule has 48 heavy (non-hydrogen) atoms. The Morgan fingerprint density at radius 2 is 1.02 bits per heavy atom. The van der Waals surface area contributed by atoms with Gasteiger partial charge in [0, 0.05) is 39.6 Å². The smallest absolute Gasteiger partial charge is 0.430 e. The minimum atomic E-state index is -0.531. The number of carbonyl (C=O) groups excluding carboxylic acids is 1. The number of hydrogen-bond donors (Lipinski definition) is 4. The molecule has 1 heterocycles. The van der Waals surface area contributed by atoms with Crippen LogP contribution in [0.3, 0.4) is 0 Å². The van der Waals surface area contributed by atoms with Gasteiger partial charge < -0.3 is 39.4 Å². The van der Waals surface area contributed by atoms with Crippen molar-refractivity contribution < 1.29 is 44.2 Å². The number of cyclic esters (lactones) is 2. The third kappa shape index (κ3) is 49.4. The van der Waals surface area contributed by atoms with Crippen LogP contribution in [-0.4, -0.2) is 92.1 Å². The second-order valence-corrected chi connectivity index (χ2v) is 12.4. The van der Waals surface area contributed by atoms with E-state index in [0.29, 0.717) is 39.0 Å². The minimum absolute atomic E-state index is 0.00231. The molecule has 0 aromatic carbocycles. The number of aliphatic hydroxyl groups excluding tert-OH is 4. The summed E-state index contributed by atoms with van der Waals surface area (Å²) in [5, 5.41) is 33.6. The van der Waals surface area contributed by atoms with Gasteiger partial charge in [-0.2, -0.15) is 0 Å². The zero-order valence-electron chi connectivity index (χ0n) is 32.9. The lowest BCUT2D eigenvalue weighted by atomic mass is 9.81. The van der Waals surface area contributed by atoms with Crippen LogP contribution in [0.1, 0.15) is 170 Å². The van der Waals surface area contributed by atoms with Gasteiger partial charge in [-0.25, -0.2) is 4.79 Å². The van der Waals surface area contributed by atoms with Gasteiger partial charge in [-0.1, -0.05) is 119 Å². The van der Waals surface area contributed by atoms with Gasteiger partial charge in [-0.05, 0) is 63.2 Å². The molecular weight excluding hydrogens is 612 g/mol. The van der Waals surface area contributed by atoms with E-state index in [4.69, 9.17) is 29.9 Å². The molecule has 9 heteroatoms. The zero-order chi connectivity index (χ0) is 36.9. The van der Waals surface area contributed by atoms with E-state index in [1.54, 1.807) is 0 Å². The Hall–Kier alpha value is -0.970. The number of ether oxygens (including phenoxy) is 4. The summed E-state index contributed by atoms with van der Waals surface area (Å²) in [4.78, 5) is 10.2. The molecule has 1 atom stereocenters. The normalized spacial score (nSPS) is 17.6. The first-order valence-electron chi connectivity index (χ1n) is 19.8. The van der Waals surface area contributed by atoms with E-state index >= 15 is 0 Å². The van der Waals surface area contributed by atoms with Gasteiger partial charge in [-0.15, -0.1) is 0 Å². The van der Waals surface area contributed by atoms with Gasteiger partial charge in [0.25, 0.3) is 0 Å². The zero-order valence-corrected chi connectivity index (χ0v) is 32.9. The maximum Gasteiger partial charge on any atom is 0.508 e.